The zero-order chi connectivity index (χ0) is 8.39. The van der Waals surface area contributed by atoms with Gasteiger partial charge in [-0.3, -0.25) is 0 Å². The Labute approximate surface area is 72.5 Å². The molecule has 1 saturated carbocycles. The first-order chi connectivity index (χ1) is 5.90. The fraction of sp³-hybridized carbons (Fsp3) is 0.889. The second-order valence-corrected chi connectivity index (χ2v) is 3.72. The van der Waals surface area contributed by atoms with E-state index in [1.807, 2.05) is 0 Å². The molecular formula is C9H14N2O. The van der Waals surface area contributed by atoms with Crippen molar-refractivity contribution in [1.82, 2.24) is 4.90 Å². The van der Waals surface area contributed by atoms with Crippen molar-refractivity contribution in [2.45, 2.75) is 37.8 Å². The summed E-state index contributed by atoms with van der Waals surface area (Å²) in [6, 6.07) is 1.13. The molecule has 0 aromatic carbocycles. The molecule has 0 aromatic rings. The molecule has 0 radical (unpaired) electrons. The van der Waals surface area contributed by atoms with Crippen LogP contribution in [0.4, 0.5) is 0 Å². The lowest BCUT2D eigenvalue weighted by atomic mass is 10.1. The van der Waals surface area contributed by atoms with E-state index in [1.165, 1.54) is 12.8 Å². The van der Waals surface area contributed by atoms with Gasteiger partial charge in [0.2, 0.25) is 6.08 Å². The molecule has 2 aliphatic rings. The zero-order valence-electron chi connectivity index (χ0n) is 7.20. The van der Waals surface area contributed by atoms with E-state index in [9.17, 15) is 4.79 Å². The van der Waals surface area contributed by atoms with Gasteiger partial charge in [0.1, 0.15) is 0 Å². The van der Waals surface area contributed by atoms with Crippen LogP contribution in [0.1, 0.15) is 25.7 Å². The Morgan fingerprint density at radius 3 is 2.33 bits per heavy atom. The van der Waals surface area contributed by atoms with Gasteiger partial charge in [-0.25, -0.2) is 9.79 Å². The Hall–Kier alpha value is -0.660. The minimum absolute atomic E-state index is 0.262. The Morgan fingerprint density at radius 1 is 1.17 bits per heavy atom. The molecule has 66 valence electrons. The first-order valence-corrected chi connectivity index (χ1v) is 4.71. The van der Waals surface area contributed by atoms with E-state index in [0.29, 0.717) is 0 Å². The number of hydrogen-bond acceptors (Lipinski definition) is 3. The normalized spacial score (nSPS) is 26.7. The number of hydrogen-bond donors (Lipinski definition) is 0. The number of nitrogens with zero attached hydrogens (tertiary/aromatic N) is 2. The predicted molar refractivity (Wildman–Crippen MR) is 45.7 cm³/mol. The Kier molecular flexibility index (Phi) is 2.24. The lowest BCUT2D eigenvalue weighted by Gasteiger charge is -2.29. The number of likely N-dealkylation sites (tertiary alicyclic amines) is 1. The van der Waals surface area contributed by atoms with Crippen LogP contribution in [0, 0.1) is 0 Å². The van der Waals surface area contributed by atoms with Crippen molar-refractivity contribution >= 4 is 6.08 Å². The minimum Gasteiger partial charge on any atom is -0.300 e. The number of piperidine rings is 1. The van der Waals surface area contributed by atoms with Crippen LogP contribution < -0.4 is 0 Å². The molecule has 0 spiro atoms. The van der Waals surface area contributed by atoms with Gasteiger partial charge in [-0.15, -0.1) is 0 Å². The molecule has 2 rings (SSSR count). The maximum Gasteiger partial charge on any atom is 0.235 e. The highest BCUT2D eigenvalue weighted by Gasteiger charge is 2.31. The summed E-state index contributed by atoms with van der Waals surface area (Å²) in [6.45, 7) is 2.25. The Morgan fingerprint density at radius 2 is 1.83 bits per heavy atom. The van der Waals surface area contributed by atoms with E-state index in [0.717, 1.165) is 32.0 Å². The SMILES string of the molecule is O=C=NC1CCN(C2CC2)CC1. The van der Waals surface area contributed by atoms with Crippen molar-refractivity contribution in [2.24, 2.45) is 4.99 Å². The largest absolute Gasteiger partial charge is 0.300 e. The van der Waals surface area contributed by atoms with Crippen molar-refractivity contribution < 1.29 is 4.79 Å². The molecule has 0 aromatic heterocycles. The van der Waals surface area contributed by atoms with E-state index in [4.69, 9.17) is 0 Å². The molecule has 12 heavy (non-hydrogen) atoms. The summed E-state index contributed by atoms with van der Waals surface area (Å²) in [5.41, 5.74) is 0. The van der Waals surface area contributed by atoms with Gasteiger partial charge in [-0.05, 0) is 25.7 Å². The third kappa shape index (κ3) is 1.74. The van der Waals surface area contributed by atoms with Crippen molar-refractivity contribution in [3.63, 3.8) is 0 Å². The standard InChI is InChI=1S/C9H14N2O/c12-7-10-8-3-5-11(6-4-8)9-1-2-9/h8-9H,1-6H2. The molecule has 0 bridgehead atoms. The van der Waals surface area contributed by atoms with Crippen LogP contribution in [-0.2, 0) is 4.79 Å². The highest BCUT2D eigenvalue weighted by molar-refractivity contribution is 5.33. The average molecular weight is 166 g/mol. The average Bonchev–Trinajstić information content (AvgIpc) is 2.89. The Bertz CT molecular complexity index is 199. The highest BCUT2D eigenvalue weighted by Crippen LogP contribution is 2.29. The lowest BCUT2D eigenvalue weighted by Crippen LogP contribution is -2.36. The van der Waals surface area contributed by atoms with Crippen molar-refractivity contribution in [3.8, 4) is 0 Å². The maximum atomic E-state index is 10.00. The van der Waals surface area contributed by atoms with Gasteiger partial charge in [-0.1, -0.05) is 0 Å². The lowest BCUT2D eigenvalue weighted by molar-refractivity contribution is 0.205. The second kappa shape index (κ2) is 3.38. The minimum atomic E-state index is 0.262. The van der Waals surface area contributed by atoms with Crippen LogP contribution in [0.2, 0.25) is 0 Å². The molecule has 0 amide bonds. The van der Waals surface area contributed by atoms with Crippen molar-refractivity contribution in [3.05, 3.63) is 0 Å². The topological polar surface area (TPSA) is 32.7 Å². The van der Waals surface area contributed by atoms with E-state index in [2.05, 4.69) is 9.89 Å². The van der Waals surface area contributed by atoms with Gasteiger partial charge in [0.15, 0.2) is 0 Å². The van der Waals surface area contributed by atoms with Gasteiger partial charge < -0.3 is 4.90 Å². The van der Waals surface area contributed by atoms with Crippen LogP contribution in [0.3, 0.4) is 0 Å². The molecule has 0 N–H and O–H groups in total. The van der Waals surface area contributed by atoms with Crippen LogP contribution in [0.25, 0.3) is 0 Å². The first kappa shape index (κ1) is 7.96. The smallest absolute Gasteiger partial charge is 0.235 e. The van der Waals surface area contributed by atoms with Crippen molar-refractivity contribution in [2.75, 3.05) is 13.1 Å². The maximum absolute atomic E-state index is 10.00. The predicted octanol–water partition coefficient (Wildman–Crippen LogP) is 0.949. The second-order valence-electron chi connectivity index (χ2n) is 3.72. The van der Waals surface area contributed by atoms with Crippen LogP contribution >= 0.6 is 0 Å². The molecule has 3 heteroatoms. The molecular weight excluding hydrogens is 152 g/mol. The van der Waals surface area contributed by atoms with Crippen molar-refractivity contribution in [1.29, 1.82) is 0 Å². The molecule has 1 saturated heterocycles. The number of aliphatic imine (C=N–C) groups is 1. The summed E-state index contributed by atoms with van der Waals surface area (Å²) >= 11 is 0. The van der Waals surface area contributed by atoms with Gasteiger partial charge in [0.25, 0.3) is 0 Å². The van der Waals surface area contributed by atoms with E-state index >= 15 is 0 Å². The van der Waals surface area contributed by atoms with E-state index < -0.39 is 0 Å². The van der Waals surface area contributed by atoms with Gasteiger partial charge in [0, 0.05) is 19.1 Å². The van der Waals surface area contributed by atoms with Gasteiger partial charge in [0.05, 0.1) is 6.04 Å². The molecule has 3 nitrogen and oxygen atoms in total. The number of isocyanates is 1. The summed E-state index contributed by atoms with van der Waals surface area (Å²) in [5, 5.41) is 0. The number of carbonyl (C=O) groups excluding carboxylic acids is 1. The highest BCUT2D eigenvalue weighted by atomic mass is 16.1. The third-order valence-electron chi connectivity index (χ3n) is 2.80. The molecule has 1 heterocycles. The monoisotopic (exact) mass is 166 g/mol. The van der Waals surface area contributed by atoms with Crippen LogP contribution in [-0.4, -0.2) is 36.2 Å². The van der Waals surface area contributed by atoms with Crippen LogP contribution in [0.15, 0.2) is 4.99 Å². The molecule has 0 unspecified atom stereocenters. The summed E-state index contributed by atoms with van der Waals surface area (Å²) < 4.78 is 0. The summed E-state index contributed by atoms with van der Waals surface area (Å²) in [4.78, 5) is 16.3. The zero-order valence-corrected chi connectivity index (χ0v) is 7.20. The van der Waals surface area contributed by atoms with E-state index in [-0.39, 0.29) is 6.04 Å². The first-order valence-electron chi connectivity index (χ1n) is 4.71. The third-order valence-corrected chi connectivity index (χ3v) is 2.80. The summed E-state index contributed by atoms with van der Waals surface area (Å²) in [6.07, 6.45) is 6.50. The van der Waals surface area contributed by atoms with Crippen LogP contribution in [0.5, 0.6) is 0 Å². The van der Waals surface area contributed by atoms with Gasteiger partial charge in [-0.2, -0.15) is 0 Å². The fourth-order valence-corrected chi connectivity index (χ4v) is 1.89. The Balaban J connectivity index is 1.79. The quantitative estimate of drug-likeness (QED) is 0.452. The number of rotatable bonds is 2. The molecule has 1 aliphatic carbocycles. The fourth-order valence-electron chi connectivity index (χ4n) is 1.89. The molecule has 1 aliphatic heterocycles. The molecule has 2 fully saturated rings. The molecule has 0 atom stereocenters. The summed E-state index contributed by atoms with van der Waals surface area (Å²) in [7, 11) is 0. The summed E-state index contributed by atoms with van der Waals surface area (Å²) in [5.74, 6) is 0. The van der Waals surface area contributed by atoms with E-state index in [1.54, 1.807) is 6.08 Å². The van der Waals surface area contributed by atoms with Gasteiger partial charge >= 0.3 is 0 Å².